The summed E-state index contributed by atoms with van der Waals surface area (Å²) < 4.78 is 5.40. The van der Waals surface area contributed by atoms with Gasteiger partial charge < -0.3 is 4.74 Å². The van der Waals surface area contributed by atoms with E-state index >= 15 is 0 Å². The van der Waals surface area contributed by atoms with Gasteiger partial charge in [0.05, 0.1) is 10.9 Å². The number of cyclic esters (lactones) is 1. The van der Waals surface area contributed by atoms with Crippen molar-refractivity contribution in [3.8, 4) is 0 Å². The van der Waals surface area contributed by atoms with Gasteiger partial charge in [-0.15, -0.1) is 11.6 Å². The van der Waals surface area contributed by atoms with Gasteiger partial charge in [0.25, 0.3) is 0 Å². The molecule has 0 fully saturated rings. The van der Waals surface area contributed by atoms with Crippen LogP contribution in [0.5, 0.6) is 0 Å². The Morgan fingerprint density at radius 3 is 2.53 bits per heavy atom. The first-order valence-electron chi connectivity index (χ1n) is 6.24. The summed E-state index contributed by atoms with van der Waals surface area (Å²) in [4.78, 5) is 11.7. The predicted octanol–water partition coefficient (Wildman–Crippen LogP) is 4.27. The minimum Gasteiger partial charge on any atom is -0.454 e. The zero-order chi connectivity index (χ0) is 13.2. The molecule has 2 atom stereocenters. The van der Waals surface area contributed by atoms with Gasteiger partial charge in [0, 0.05) is 12.0 Å². The van der Waals surface area contributed by atoms with E-state index in [2.05, 4.69) is 0 Å². The van der Waals surface area contributed by atoms with Crippen LogP contribution in [-0.2, 0) is 4.74 Å². The highest BCUT2D eigenvalue weighted by atomic mass is 35.5. The Hall–Kier alpha value is -1.80. The fraction of sp³-hybridized carbons (Fsp3) is 0.188. The second kappa shape index (κ2) is 5.06. The minimum absolute atomic E-state index is 0.162. The van der Waals surface area contributed by atoms with Crippen LogP contribution in [0, 0.1) is 0 Å². The van der Waals surface area contributed by atoms with Crippen LogP contribution in [0.1, 0.15) is 39.4 Å². The first-order valence-corrected chi connectivity index (χ1v) is 6.68. The number of hydrogen-bond donors (Lipinski definition) is 0. The molecule has 19 heavy (non-hydrogen) atoms. The summed E-state index contributed by atoms with van der Waals surface area (Å²) in [7, 11) is 0. The molecule has 1 aliphatic heterocycles. The third kappa shape index (κ3) is 2.36. The average molecular weight is 273 g/mol. The third-order valence-electron chi connectivity index (χ3n) is 3.36. The van der Waals surface area contributed by atoms with Crippen molar-refractivity contribution in [3.63, 3.8) is 0 Å². The van der Waals surface area contributed by atoms with Gasteiger partial charge in [0.15, 0.2) is 0 Å². The van der Waals surface area contributed by atoms with Crippen molar-refractivity contribution in [2.45, 2.75) is 17.9 Å². The Morgan fingerprint density at radius 2 is 1.74 bits per heavy atom. The van der Waals surface area contributed by atoms with Crippen molar-refractivity contribution in [3.05, 3.63) is 71.3 Å². The highest BCUT2D eigenvalue weighted by Crippen LogP contribution is 2.39. The molecule has 2 aromatic carbocycles. The summed E-state index contributed by atoms with van der Waals surface area (Å²) in [5.74, 6) is -0.252. The molecule has 0 saturated carbocycles. The van der Waals surface area contributed by atoms with E-state index in [1.807, 2.05) is 48.5 Å². The van der Waals surface area contributed by atoms with E-state index in [-0.39, 0.29) is 17.5 Å². The van der Waals surface area contributed by atoms with Gasteiger partial charge in [-0.1, -0.05) is 48.5 Å². The quantitative estimate of drug-likeness (QED) is 0.616. The van der Waals surface area contributed by atoms with E-state index in [1.54, 1.807) is 6.07 Å². The number of fused-ring (bicyclic) bond motifs is 1. The smallest absolute Gasteiger partial charge is 0.339 e. The van der Waals surface area contributed by atoms with Crippen LogP contribution in [0.4, 0.5) is 0 Å². The van der Waals surface area contributed by atoms with Gasteiger partial charge in [-0.2, -0.15) is 0 Å². The van der Waals surface area contributed by atoms with Crippen LogP contribution < -0.4 is 0 Å². The number of carbonyl (C=O) groups is 1. The lowest BCUT2D eigenvalue weighted by Crippen LogP contribution is -2.02. The summed E-state index contributed by atoms with van der Waals surface area (Å²) in [6.07, 6.45) is 0.348. The number of benzene rings is 2. The zero-order valence-corrected chi connectivity index (χ0v) is 11.0. The van der Waals surface area contributed by atoms with E-state index in [0.717, 1.165) is 11.1 Å². The first-order chi connectivity index (χ1) is 9.25. The predicted molar refractivity (Wildman–Crippen MR) is 74.3 cm³/mol. The Kier molecular flexibility index (Phi) is 3.26. The number of rotatable bonds is 3. The Bertz CT molecular complexity index is 595. The number of ether oxygens (including phenoxy) is 1. The Labute approximate surface area is 117 Å². The zero-order valence-electron chi connectivity index (χ0n) is 10.3. The SMILES string of the molecule is O=C1OC(CC(Cl)c2ccccc2)c2ccccc21. The minimum atomic E-state index is -0.252. The lowest BCUT2D eigenvalue weighted by Gasteiger charge is -2.15. The molecule has 0 spiro atoms. The second-order valence-electron chi connectivity index (χ2n) is 4.60. The third-order valence-corrected chi connectivity index (χ3v) is 3.79. The van der Waals surface area contributed by atoms with Gasteiger partial charge in [0.2, 0.25) is 0 Å². The van der Waals surface area contributed by atoms with E-state index in [9.17, 15) is 4.79 Å². The molecule has 2 unspecified atom stereocenters. The molecule has 3 heteroatoms. The highest BCUT2D eigenvalue weighted by Gasteiger charge is 2.32. The fourth-order valence-corrected chi connectivity index (χ4v) is 2.69. The van der Waals surface area contributed by atoms with Crippen LogP contribution >= 0.6 is 11.6 Å². The van der Waals surface area contributed by atoms with Gasteiger partial charge in [-0.05, 0) is 11.6 Å². The molecule has 0 saturated heterocycles. The van der Waals surface area contributed by atoms with Crippen molar-refractivity contribution in [2.24, 2.45) is 0 Å². The van der Waals surface area contributed by atoms with Gasteiger partial charge in [-0.3, -0.25) is 0 Å². The van der Waals surface area contributed by atoms with Crippen LogP contribution in [0.15, 0.2) is 54.6 Å². The Balaban J connectivity index is 1.81. The van der Waals surface area contributed by atoms with Gasteiger partial charge in [0.1, 0.15) is 6.10 Å². The molecule has 0 aromatic heterocycles. The van der Waals surface area contributed by atoms with E-state index in [0.29, 0.717) is 12.0 Å². The molecule has 0 N–H and O–H groups in total. The maximum Gasteiger partial charge on any atom is 0.339 e. The lowest BCUT2D eigenvalue weighted by molar-refractivity contribution is 0.0367. The number of alkyl halides is 1. The second-order valence-corrected chi connectivity index (χ2v) is 5.12. The molecule has 1 aliphatic rings. The molecule has 96 valence electrons. The summed E-state index contributed by atoms with van der Waals surface area (Å²) in [5.41, 5.74) is 2.64. The summed E-state index contributed by atoms with van der Waals surface area (Å²) in [6, 6.07) is 17.3. The van der Waals surface area contributed by atoms with Crippen LogP contribution in [0.3, 0.4) is 0 Å². The molecule has 2 nitrogen and oxygen atoms in total. The van der Waals surface area contributed by atoms with Crippen LogP contribution in [0.2, 0.25) is 0 Å². The van der Waals surface area contributed by atoms with Crippen molar-refractivity contribution in [1.29, 1.82) is 0 Å². The summed E-state index contributed by atoms with van der Waals surface area (Å²) in [6.45, 7) is 0. The maximum absolute atomic E-state index is 11.7. The summed E-state index contributed by atoms with van der Waals surface area (Å²) >= 11 is 6.41. The first kappa shape index (κ1) is 12.2. The monoisotopic (exact) mass is 272 g/mol. The Morgan fingerprint density at radius 1 is 1.05 bits per heavy atom. The van der Waals surface area contributed by atoms with Gasteiger partial charge in [-0.25, -0.2) is 4.79 Å². The number of hydrogen-bond acceptors (Lipinski definition) is 2. The van der Waals surface area contributed by atoms with Crippen molar-refractivity contribution in [2.75, 3.05) is 0 Å². The van der Waals surface area contributed by atoms with Crippen molar-refractivity contribution >= 4 is 17.6 Å². The van der Waals surface area contributed by atoms with Crippen molar-refractivity contribution in [1.82, 2.24) is 0 Å². The van der Waals surface area contributed by atoms with E-state index in [1.165, 1.54) is 0 Å². The molecule has 0 amide bonds. The fourth-order valence-electron chi connectivity index (χ4n) is 2.38. The molecular weight excluding hydrogens is 260 g/mol. The standard InChI is InChI=1S/C16H13ClO2/c17-14(11-6-2-1-3-7-11)10-15-12-8-4-5-9-13(12)16(18)19-15/h1-9,14-15H,10H2. The molecule has 3 rings (SSSR count). The molecule has 0 aliphatic carbocycles. The lowest BCUT2D eigenvalue weighted by atomic mass is 9.99. The van der Waals surface area contributed by atoms with E-state index < -0.39 is 0 Å². The van der Waals surface area contributed by atoms with E-state index in [4.69, 9.17) is 16.3 Å². The topological polar surface area (TPSA) is 26.3 Å². The molecular formula is C16H13ClO2. The van der Waals surface area contributed by atoms with Crippen molar-refractivity contribution < 1.29 is 9.53 Å². The summed E-state index contributed by atoms with van der Waals surface area (Å²) in [5, 5.41) is -0.162. The number of carbonyl (C=O) groups excluding carboxylic acids is 1. The normalized spacial score (nSPS) is 18.8. The van der Waals surface area contributed by atoms with Gasteiger partial charge >= 0.3 is 5.97 Å². The molecule has 2 aromatic rings. The molecule has 0 bridgehead atoms. The van der Waals surface area contributed by atoms with Crippen LogP contribution in [0.25, 0.3) is 0 Å². The number of halogens is 1. The van der Waals surface area contributed by atoms with Crippen LogP contribution in [-0.4, -0.2) is 5.97 Å². The molecule has 0 radical (unpaired) electrons. The average Bonchev–Trinajstić information content (AvgIpc) is 2.77. The highest BCUT2D eigenvalue weighted by molar-refractivity contribution is 6.20. The molecule has 1 heterocycles. The number of esters is 1. The largest absolute Gasteiger partial charge is 0.454 e. The maximum atomic E-state index is 11.7.